The van der Waals surface area contributed by atoms with Crippen molar-refractivity contribution in [3.8, 4) is 0 Å². The van der Waals surface area contributed by atoms with Crippen LogP contribution in [0.1, 0.15) is 24.5 Å². The van der Waals surface area contributed by atoms with E-state index >= 15 is 0 Å². The van der Waals surface area contributed by atoms with E-state index in [1.54, 1.807) is 0 Å². The Morgan fingerprint density at radius 1 is 1.25 bits per heavy atom. The molecule has 0 amide bonds. The Hall–Kier alpha value is -1.78. The predicted octanol–water partition coefficient (Wildman–Crippen LogP) is 4.59. The minimum atomic E-state index is -3.88. The van der Waals surface area contributed by atoms with Crippen molar-refractivity contribution in [2.75, 3.05) is 0 Å². The minimum Gasteiger partial charge on any atom is -0.509 e. The van der Waals surface area contributed by atoms with Gasteiger partial charge >= 0.3 is 5.92 Å². The van der Waals surface area contributed by atoms with Gasteiger partial charge in [-0.15, -0.1) is 0 Å². The molecule has 0 radical (unpaired) electrons. The van der Waals surface area contributed by atoms with Crippen molar-refractivity contribution in [2.45, 2.75) is 31.9 Å². The Balaban J connectivity index is 2.43. The number of aliphatic hydroxyl groups is 1. The van der Waals surface area contributed by atoms with Crippen molar-refractivity contribution in [1.82, 2.24) is 0 Å². The Labute approximate surface area is 114 Å². The Morgan fingerprint density at radius 2 is 1.95 bits per heavy atom. The molecule has 5 heteroatoms. The molecule has 1 aliphatic carbocycles. The van der Waals surface area contributed by atoms with E-state index in [-0.39, 0.29) is 5.56 Å². The number of aryl methyl sites for hydroxylation is 1. The molecule has 0 saturated heterocycles. The average Bonchev–Trinajstić information content (AvgIpc) is 2.39. The molecule has 1 aromatic carbocycles. The molecule has 20 heavy (non-hydrogen) atoms. The number of aliphatic hydroxyl groups excluding tert-OH is 1. The highest BCUT2D eigenvalue weighted by Crippen LogP contribution is 2.42. The van der Waals surface area contributed by atoms with Crippen molar-refractivity contribution in [1.29, 1.82) is 0 Å². The molecule has 0 bridgehead atoms. The van der Waals surface area contributed by atoms with Crippen LogP contribution in [0.5, 0.6) is 0 Å². The molecule has 108 valence electrons. The molecule has 2 rings (SSSR count). The lowest BCUT2D eigenvalue weighted by atomic mass is 9.90. The van der Waals surface area contributed by atoms with Crippen molar-refractivity contribution < 1.29 is 22.7 Å². The van der Waals surface area contributed by atoms with Crippen LogP contribution in [0.15, 0.2) is 36.1 Å². The van der Waals surface area contributed by atoms with Crippen molar-refractivity contribution in [3.63, 3.8) is 0 Å². The van der Waals surface area contributed by atoms with E-state index < -0.39 is 29.2 Å². The van der Waals surface area contributed by atoms with Crippen LogP contribution in [0, 0.1) is 5.82 Å². The van der Waals surface area contributed by atoms with Crippen LogP contribution in [0.25, 0.3) is 5.57 Å². The van der Waals surface area contributed by atoms with Crippen LogP contribution >= 0.6 is 0 Å². The molecule has 1 nitrogen and oxygen atoms in total. The third kappa shape index (κ3) is 2.44. The molecule has 0 fully saturated rings. The molecule has 1 aliphatic rings. The molecule has 1 unspecified atom stereocenters. The van der Waals surface area contributed by atoms with Crippen LogP contribution < -0.4 is 0 Å². The number of rotatable bonds is 3. The third-order valence-corrected chi connectivity index (χ3v) is 3.24. The zero-order chi connectivity index (χ0) is 14.9. The summed E-state index contributed by atoms with van der Waals surface area (Å²) >= 11 is 0. The first-order valence-corrected chi connectivity index (χ1v) is 6.30. The zero-order valence-electron chi connectivity index (χ0n) is 10.8. The first kappa shape index (κ1) is 14.6. The fourth-order valence-corrected chi connectivity index (χ4v) is 2.16. The largest absolute Gasteiger partial charge is 0.509 e. The lowest BCUT2D eigenvalue weighted by Crippen LogP contribution is -2.35. The maximum absolute atomic E-state index is 13.8. The van der Waals surface area contributed by atoms with Crippen LogP contribution in [-0.4, -0.2) is 17.2 Å². The first-order valence-electron chi connectivity index (χ1n) is 6.30. The zero-order valence-corrected chi connectivity index (χ0v) is 10.8. The quantitative estimate of drug-likeness (QED) is 0.806. The second-order valence-corrected chi connectivity index (χ2v) is 4.71. The van der Waals surface area contributed by atoms with Gasteiger partial charge in [0, 0.05) is 5.57 Å². The van der Waals surface area contributed by atoms with Crippen LogP contribution in [0.3, 0.4) is 0 Å². The SMILES string of the molecule is CCCc1ccc(C2=CC=C(O)C(F)C2(F)F)cc1F. The number of hydrogen-bond donors (Lipinski definition) is 1. The van der Waals surface area contributed by atoms with Gasteiger partial charge in [-0.2, -0.15) is 8.78 Å². The Bertz CT molecular complexity index is 575. The molecule has 1 atom stereocenters. The molecular formula is C15H14F4O. The van der Waals surface area contributed by atoms with Crippen LogP contribution in [-0.2, 0) is 6.42 Å². The Kier molecular flexibility index (Phi) is 3.88. The molecule has 0 aliphatic heterocycles. The molecule has 0 spiro atoms. The molecule has 1 N–H and O–H groups in total. The molecule has 0 saturated carbocycles. The van der Waals surface area contributed by atoms with E-state index in [1.807, 2.05) is 6.92 Å². The molecule has 1 aromatic rings. The third-order valence-electron chi connectivity index (χ3n) is 3.24. The fraction of sp³-hybridized carbons (Fsp3) is 0.333. The van der Waals surface area contributed by atoms with Crippen molar-refractivity contribution in [2.24, 2.45) is 0 Å². The van der Waals surface area contributed by atoms with E-state index in [2.05, 4.69) is 0 Å². The first-order chi connectivity index (χ1) is 9.37. The van der Waals surface area contributed by atoms with E-state index in [4.69, 9.17) is 5.11 Å². The van der Waals surface area contributed by atoms with Gasteiger partial charge in [0.25, 0.3) is 0 Å². The summed E-state index contributed by atoms with van der Waals surface area (Å²) in [6.07, 6.45) is 0.224. The Morgan fingerprint density at radius 3 is 2.55 bits per heavy atom. The van der Waals surface area contributed by atoms with Gasteiger partial charge < -0.3 is 5.11 Å². The van der Waals surface area contributed by atoms with Gasteiger partial charge in [-0.25, -0.2) is 8.78 Å². The predicted molar refractivity (Wildman–Crippen MR) is 68.9 cm³/mol. The summed E-state index contributed by atoms with van der Waals surface area (Å²) in [5.74, 6) is -5.49. The summed E-state index contributed by atoms with van der Waals surface area (Å²) in [5.41, 5.74) is -0.283. The summed E-state index contributed by atoms with van der Waals surface area (Å²) in [5, 5.41) is 9.03. The van der Waals surface area contributed by atoms with Crippen molar-refractivity contribution in [3.05, 3.63) is 53.1 Å². The lowest BCUT2D eigenvalue weighted by Gasteiger charge is -2.26. The maximum Gasteiger partial charge on any atom is 0.311 e. The highest BCUT2D eigenvalue weighted by atomic mass is 19.3. The van der Waals surface area contributed by atoms with Gasteiger partial charge in [-0.05, 0) is 35.8 Å². The van der Waals surface area contributed by atoms with E-state index in [9.17, 15) is 17.6 Å². The monoisotopic (exact) mass is 286 g/mol. The van der Waals surface area contributed by atoms with Crippen molar-refractivity contribution >= 4 is 5.57 Å². The van der Waals surface area contributed by atoms with Crippen LogP contribution in [0.2, 0.25) is 0 Å². The molecule has 0 aromatic heterocycles. The lowest BCUT2D eigenvalue weighted by molar-refractivity contribution is -0.0186. The smallest absolute Gasteiger partial charge is 0.311 e. The maximum atomic E-state index is 13.8. The van der Waals surface area contributed by atoms with Gasteiger partial charge in [0.15, 0.2) is 0 Å². The highest BCUT2D eigenvalue weighted by molar-refractivity contribution is 5.75. The van der Waals surface area contributed by atoms with Gasteiger partial charge in [0.1, 0.15) is 11.6 Å². The van der Waals surface area contributed by atoms with E-state index in [0.29, 0.717) is 12.0 Å². The van der Waals surface area contributed by atoms with Crippen LogP contribution in [0.4, 0.5) is 17.6 Å². The highest BCUT2D eigenvalue weighted by Gasteiger charge is 2.48. The minimum absolute atomic E-state index is 0.0845. The number of allylic oxidation sites excluding steroid dienone is 4. The topological polar surface area (TPSA) is 20.2 Å². The van der Waals surface area contributed by atoms with Gasteiger partial charge in [-0.3, -0.25) is 0 Å². The number of halogens is 4. The van der Waals surface area contributed by atoms with E-state index in [1.165, 1.54) is 12.1 Å². The number of hydrogen-bond acceptors (Lipinski definition) is 1. The standard InChI is InChI=1S/C15H14F4O/c1-2-3-9-4-5-10(8-12(9)16)11-6-7-13(20)14(17)15(11,18)19/h4-8,14,20H,2-3H2,1H3. The van der Waals surface area contributed by atoms with E-state index in [0.717, 1.165) is 24.6 Å². The average molecular weight is 286 g/mol. The summed E-state index contributed by atoms with van der Waals surface area (Å²) in [6.45, 7) is 1.88. The van der Waals surface area contributed by atoms with Gasteiger partial charge in [0.2, 0.25) is 6.17 Å². The molecular weight excluding hydrogens is 272 g/mol. The fourth-order valence-electron chi connectivity index (χ4n) is 2.16. The summed E-state index contributed by atoms with van der Waals surface area (Å²) in [4.78, 5) is 0. The number of alkyl halides is 3. The number of benzene rings is 1. The second-order valence-electron chi connectivity index (χ2n) is 4.71. The van der Waals surface area contributed by atoms with Gasteiger partial charge in [0.05, 0.1) is 0 Å². The molecule has 0 heterocycles. The van der Waals surface area contributed by atoms with Gasteiger partial charge in [-0.1, -0.05) is 25.5 Å². The summed E-state index contributed by atoms with van der Waals surface area (Å²) in [6, 6.07) is 3.75. The summed E-state index contributed by atoms with van der Waals surface area (Å²) < 4.78 is 54.8. The second kappa shape index (κ2) is 5.31. The normalized spacial score (nSPS) is 21.4. The summed E-state index contributed by atoms with van der Waals surface area (Å²) in [7, 11) is 0.